The van der Waals surface area contributed by atoms with Crippen molar-refractivity contribution in [3.63, 3.8) is 0 Å². The van der Waals surface area contributed by atoms with Crippen molar-refractivity contribution in [3.8, 4) is 0 Å². The first-order chi connectivity index (χ1) is 10.5. The summed E-state index contributed by atoms with van der Waals surface area (Å²) in [6.45, 7) is 2.21. The second-order valence-electron chi connectivity index (χ2n) is 6.34. The largest absolute Gasteiger partial charge is 0.381 e. The van der Waals surface area contributed by atoms with E-state index in [0.29, 0.717) is 37.2 Å². The summed E-state index contributed by atoms with van der Waals surface area (Å²) < 4.78 is 32.5. The quantitative estimate of drug-likeness (QED) is 0.764. The Labute approximate surface area is 137 Å². The van der Waals surface area contributed by atoms with Gasteiger partial charge >= 0.3 is 0 Å². The Kier molecular flexibility index (Phi) is 5.07. The minimum atomic E-state index is -3.28. The normalized spacial score (nSPS) is 22.4. The van der Waals surface area contributed by atoms with Gasteiger partial charge in [-0.05, 0) is 42.7 Å². The van der Waals surface area contributed by atoms with Crippen LogP contribution in [-0.4, -0.2) is 38.2 Å². The van der Waals surface area contributed by atoms with Gasteiger partial charge in [-0.3, -0.25) is 0 Å². The van der Waals surface area contributed by atoms with Crippen LogP contribution in [0.25, 0.3) is 0 Å². The van der Waals surface area contributed by atoms with Crippen molar-refractivity contribution in [2.45, 2.75) is 25.8 Å². The number of benzene rings is 1. The fraction of sp³-hybridized carbons (Fsp3) is 0.625. The maximum absolute atomic E-state index is 12.8. The molecule has 3 rings (SSSR count). The zero-order valence-electron chi connectivity index (χ0n) is 12.6. The first kappa shape index (κ1) is 16.2. The third-order valence-electron chi connectivity index (χ3n) is 4.33. The minimum Gasteiger partial charge on any atom is -0.381 e. The average molecular weight is 344 g/mol. The molecule has 2 aliphatic rings. The summed E-state index contributed by atoms with van der Waals surface area (Å²) in [6.07, 6.45) is 3.09. The van der Waals surface area contributed by atoms with Crippen LogP contribution in [0.3, 0.4) is 0 Å². The molecule has 4 nitrogen and oxygen atoms in total. The number of ether oxygens (including phenoxy) is 1. The highest BCUT2D eigenvalue weighted by Gasteiger charge is 2.33. The van der Waals surface area contributed by atoms with Gasteiger partial charge in [0.05, 0.1) is 12.4 Å². The van der Waals surface area contributed by atoms with E-state index in [0.717, 1.165) is 24.8 Å². The maximum Gasteiger partial charge on any atom is 0.214 e. The predicted octanol–water partition coefficient (Wildman–Crippen LogP) is 2.92. The van der Waals surface area contributed by atoms with Crippen LogP contribution < -0.4 is 0 Å². The van der Waals surface area contributed by atoms with Gasteiger partial charge in [0.25, 0.3) is 0 Å². The van der Waals surface area contributed by atoms with Gasteiger partial charge in [-0.1, -0.05) is 29.8 Å². The van der Waals surface area contributed by atoms with Crippen LogP contribution in [0.4, 0.5) is 0 Å². The van der Waals surface area contributed by atoms with Crippen LogP contribution in [0.15, 0.2) is 24.3 Å². The van der Waals surface area contributed by atoms with Crippen LogP contribution in [0.5, 0.6) is 0 Å². The van der Waals surface area contributed by atoms with Crippen LogP contribution in [0, 0.1) is 11.8 Å². The molecule has 1 aliphatic carbocycles. The van der Waals surface area contributed by atoms with E-state index in [4.69, 9.17) is 16.3 Å². The van der Waals surface area contributed by atoms with E-state index >= 15 is 0 Å². The van der Waals surface area contributed by atoms with Crippen LogP contribution in [0.2, 0.25) is 5.02 Å². The molecule has 1 heterocycles. The van der Waals surface area contributed by atoms with Crippen molar-refractivity contribution in [2.75, 3.05) is 25.5 Å². The Morgan fingerprint density at radius 1 is 1.18 bits per heavy atom. The molecule has 122 valence electrons. The first-order valence-electron chi connectivity index (χ1n) is 7.83. The summed E-state index contributed by atoms with van der Waals surface area (Å²) >= 11 is 6.20. The van der Waals surface area contributed by atoms with E-state index in [-0.39, 0.29) is 11.7 Å². The Morgan fingerprint density at radius 3 is 2.59 bits per heavy atom. The average Bonchev–Trinajstić information content (AvgIpc) is 3.15. The fourth-order valence-electron chi connectivity index (χ4n) is 2.80. The highest BCUT2D eigenvalue weighted by atomic mass is 35.5. The highest BCUT2D eigenvalue weighted by molar-refractivity contribution is 7.89. The molecule has 1 saturated carbocycles. The van der Waals surface area contributed by atoms with Crippen molar-refractivity contribution >= 4 is 21.6 Å². The smallest absolute Gasteiger partial charge is 0.214 e. The van der Waals surface area contributed by atoms with E-state index in [1.807, 2.05) is 24.3 Å². The Morgan fingerprint density at radius 2 is 1.95 bits per heavy atom. The Balaban J connectivity index is 1.74. The molecule has 0 aromatic heterocycles. The van der Waals surface area contributed by atoms with Crippen molar-refractivity contribution in [1.82, 2.24) is 4.31 Å². The molecule has 0 N–H and O–H groups in total. The second-order valence-corrected chi connectivity index (χ2v) is 8.76. The summed E-state index contributed by atoms with van der Waals surface area (Å²) in [5.74, 6) is 0.819. The monoisotopic (exact) mass is 343 g/mol. The summed E-state index contributed by atoms with van der Waals surface area (Å²) in [4.78, 5) is 0. The van der Waals surface area contributed by atoms with Gasteiger partial charge in [0.1, 0.15) is 0 Å². The van der Waals surface area contributed by atoms with Crippen LogP contribution >= 0.6 is 11.6 Å². The number of sulfonamides is 1. The second kappa shape index (κ2) is 6.87. The molecule has 0 amide bonds. The molecular formula is C16H22ClNO3S. The number of nitrogens with zero attached hydrogens (tertiary/aromatic N) is 1. The maximum atomic E-state index is 12.8. The Bertz CT molecular complexity index is 610. The van der Waals surface area contributed by atoms with Gasteiger partial charge in [0, 0.05) is 24.7 Å². The number of halogens is 1. The lowest BCUT2D eigenvalue weighted by atomic mass is 10.2. The van der Waals surface area contributed by atoms with Crippen molar-refractivity contribution < 1.29 is 13.2 Å². The van der Waals surface area contributed by atoms with Crippen LogP contribution in [0.1, 0.15) is 24.8 Å². The van der Waals surface area contributed by atoms with Gasteiger partial charge in [0.15, 0.2) is 0 Å². The molecule has 1 aromatic rings. The third-order valence-corrected chi connectivity index (χ3v) is 6.65. The molecule has 22 heavy (non-hydrogen) atoms. The van der Waals surface area contributed by atoms with Gasteiger partial charge in [-0.25, -0.2) is 8.42 Å². The molecule has 0 radical (unpaired) electrons. The van der Waals surface area contributed by atoms with Gasteiger partial charge in [-0.2, -0.15) is 4.31 Å². The van der Waals surface area contributed by atoms with Crippen LogP contribution in [-0.2, 0) is 21.3 Å². The molecule has 2 fully saturated rings. The van der Waals surface area contributed by atoms with Crippen molar-refractivity contribution in [1.29, 1.82) is 0 Å². The molecule has 1 atom stereocenters. The molecule has 6 heteroatoms. The number of hydrogen-bond donors (Lipinski definition) is 0. The van der Waals surface area contributed by atoms with Gasteiger partial charge < -0.3 is 4.74 Å². The summed E-state index contributed by atoms with van der Waals surface area (Å²) in [6, 6.07) is 7.47. The molecule has 1 saturated heterocycles. The fourth-order valence-corrected chi connectivity index (χ4v) is 4.84. The minimum absolute atomic E-state index is 0.123. The molecule has 0 bridgehead atoms. The predicted molar refractivity (Wildman–Crippen MR) is 87.3 cm³/mol. The lowest BCUT2D eigenvalue weighted by molar-refractivity contribution is 0.188. The summed E-state index contributed by atoms with van der Waals surface area (Å²) in [5.41, 5.74) is 0.871. The zero-order valence-corrected chi connectivity index (χ0v) is 14.2. The first-order valence-corrected chi connectivity index (χ1v) is 9.82. The zero-order chi connectivity index (χ0) is 15.6. The molecule has 1 aliphatic heterocycles. The highest BCUT2D eigenvalue weighted by Crippen LogP contribution is 2.32. The number of hydrogen-bond acceptors (Lipinski definition) is 3. The molecule has 1 aromatic carbocycles. The lowest BCUT2D eigenvalue weighted by Crippen LogP contribution is -2.36. The van der Waals surface area contributed by atoms with E-state index < -0.39 is 10.0 Å². The number of rotatable bonds is 7. The lowest BCUT2D eigenvalue weighted by Gasteiger charge is -2.24. The van der Waals surface area contributed by atoms with Crippen molar-refractivity contribution in [2.24, 2.45) is 11.8 Å². The van der Waals surface area contributed by atoms with E-state index in [1.165, 1.54) is 0 Å². The van der Waals surface area contributed by atoms with Gasteiger partial charge in [0.2, 0.25) is 10.0 Å². The topological polar surface area (TPSA) is 46.6 Å². The molecule has 0 spiro atoms. The van der Waals surface area contributed by atoms with E-state index in [9.17, 15) is 8.42 Å². The standard InChI is InChI=1S/C16H22ClNO3S/c17-16-4-2-1-3-15(16)10-18(9-13-5-6-13)22(19,20)12-14-7-8-21-11-14/h1-4,13-14H,5-12H2/t14-/m0/s1. The molecule has 0 unspecified atom stereocenters. The van der Waals surface area contributed by atoms with Gasteiger partial charge in [-0.15, -0.1) is 0 Å². The Hall–Kier alpha value is -0.620. The third kappa shape index (κ3) is 4.22. The van der Waals surface area contributed by atoms with E-state index in [1.54, 1.807) is 4.31 Å². The summed E-state index contributed by atoms with van der Waals surface area (Å²) in [7, 11) is -3.28. The molecular weight excluding hydrogens is 322 g/mol. The van der Waals surface area contributed by atoms with Crippen molar-refractivity contribution in [3.05, 3.63) is 34.9 Å². The van der Waals surface area contributed by atoms with E-state index in [2.05, 4.69) is 0 Å². The SMILES string of the molecule is O=S(=O)(C[C@H]1CCOC1)N(Cc1ccccc1Cl)CC1CC1. The summed E-state index contributed by atoms with van der Waals surface area (Å²) in [5, 5.41) is 0.627.